The summed E-state index contributed by atoms with van der Waals surface area (Å²) in [7, 11) is 0.104. The molecule has 2 aromatic carbocycles. The van der Waals surface area contributed by atoms with Crippen molar-refractivity contribution in [3.8, 4) is 5.75 Å². The normalized spacial score (nSPS) is 15.8. The minimum atomic E-state index is -3.55. The van der Waals surface area contributed by atoms with Crippen molar-refractivity contribution >= 4 is 38.9 Å². The quantitative estimate of drug-likeness (QED) is 0.443. The maximum Gasteiger partial charge on any atom is 0.273 e. The van der Waals surface area contributed by atoms with Gasteiger partial charge in [0.2, 0.25) is 5.95 Å². The monoisotopic (exact) mass is 497 g/mol. The zero-order valence-electron chi connectivity index (χ0n) is 19.9. The lowest BCUT2D eigenvalue weighted by Gasteiger charge is -2.32. The largest absolute Gasteiger partial charge is 0.495 e. The first-order valence-corrected chi connectivity index (χ1v) is 12.8. The number of primary amides is 1. The van der Waals surface area contributed by atoms with Crippen LogP contribution in [0.4, 0.5) is 23.1 Å². The van der Waals surface area contributed by atoms with Crippen LogP contribution in [0.2, 0.25) is 0 Å². The summed E-state index contributed by atoms with van der Waals surface area (Å²) >= 11 is 0. The van der Waals surface area contributed by atoms with E-state index in [1.807, 2.05) is 12.1 Å². The van der Waals surface area contributed by atoms with E-state index >= 15 is 0 Å². The second-order valence-corrected chi connectivity index (χ2v) is 10.4. The topological polar surface area (TPSA) is 152 Å². The fourth-order valence-corrected chi connectivity index (χ4v) is 4.86. The maximum atomic E-state index is 12.2. The van der Waals surface area contributed by atoms with Crippen molar-refractivity contribution in [2.24, 2.45) is 5.73 Å². The number of fused-ring (bicyclic) bond motifs is 1. The number of nitrogens with two attached hydrogens (primary N) is 1. The summed E-state index contributed by atoms with van der Waals surface area (Å²) in [5.41, 5.74) is 8.45. The molecule has 1 amide bonds. The molecular weight excluding hydrogens is 470 g/mol. The summed E-state index contributed by atoms with van der Waals surface area (Å²) in [5.74, 6) is -0.209. The van der Waals surface area contributed by atoms with E-state index in [9.17, 15) is 13.2 Å². The summed E-state index contributed by atoms with van der Waals surface area (Å²) in [4.78, 5) is 18.6. The van der Waals surface area contributed by atoms with Crippen molar-refractivity contribution in [3.05, 3.63) is 53.2 Å². The van der Waals surface area contributed by atoms with E-state index in [4.69, 9.17) is 10.5 Å². The average molecular weight is 498 g/mol. The summed E-state index contributed by atoms with van der Waals surface area (Å²) in [5, 5.41) is 13.9. The first-order chi connectivity index (χ1) is 16.6. The zero-order valence-corrected chi connectivity index (χ0v) is 20.7. The van der Waals surface area contributed by atoms with Crippen LogP contribution < -0.4 is 21.1 Å². The Bertz CT molecular complexity index is 1390. The van der Waals surface area contributed by atoms with E-state index in [0.29, 0.717) is 11.4 Å². The number of amides is 1. The van der Waals surface area contributed by atoms with Gasteiger partial charge < -0.3 is 21.1 Å². The van der Waals surface area contributed by atoms with Gasteiger partial charge in [0.25, 0.3) is 5.91 Å². The number of sulfone groups is 1. The molecule has 1 aliphatic heterocycles. The molecule has 12 heteroatoms. The van der Waals surface area contributed by atoms with Crippen LogP contribution in [-0.2, 0) is 16.3 Å². The Hall–Kier alpha value is -3.77. The van der Waals surface area contributed by atoms with Crippen molar-refractivity contribution in [1.82, 2.24) is 20.1 Å². The van der Waals surface area contributed by atoms with Gasteiger partial charge in [-0.15, -0.1) is 10.2 Å². The Morgan fingerprint density at radius 2 is 1.91 bits per heavy atom. The van der Waals surface area contributed by atoms with Crippen LogP contribution in [0.3, 0.4) is 0 Å². The fourth-order valence-electron chi connectivity index (χ4n) is 4.01. The number of anilines is 4. The number of carbonyl (C=O) groups is 1. The molecule has 0 bridgehead atoms. The molecule has 0 saturated heterocycles. The third-order valence-corrected chi connectivity index (χ3v) is 7.17. The van der Waals surface area contributed by atoms with Crippen LogP contribution in [0, 0.1) is 0 Å². The van der Waals surface area contributed by atoms with E-state index < -0.39 is 15.7 Å². The number of ether oxygens (including phenoxy) is 1. The molecule has 2 heterocycles. The third-order valence-electron chi connectivity index (χ3n) is 6.01. The molecule has 0 spiro atoms. The molecule has 35 heavy (non-hydrogen) atoms. The average Bonchev–Trinajstić information content (AvgIpc) is 2.81. The molecule has 0 saturated carbocycles. The lowest BCUT2D eigenvalue weighted by Crippen LogP contribution is -2.30. The molecule has 4 rings (SSSR count). The van der Waals surface area contributed by atoms with E-state index in [1.54, 1.807) is 25.3 Å². The standard InChI is InChI=1S/C23H27N7O4S/c1-13-15-12-17(18(34-3)11-14(15)9-10-30(13)2)26-23-27-22(20(21(24)31)28-29-23)25-16-7-5-6-8-19(16)35(4,32)33/h5-8,11-13H,9-10H2,1-4H3,(H2,24,31)(H2,25,26,27,29). The summed E-state index contributed by atoms with van der Waals surface area (Å²) in [6, 6.07) is 10.5. The molecule has 4 N–H and O–H groups in total. The van der Waals surface area contributed by atoms with E-state index in [2.05, 4.69) is 44.7 Å². The highest BCUT2D eigenvalue weighted by atomic mass is 32.2. The number of para-hydroxylation sites is 1. The van der Waals surface area contributed by atoms with Crippen molar-refractivity contribution in [3.63, 3.8) is 0 Å². The molecule has 1 aliphatic rings. The molecule has 0 aliphatic carbocycles. The van der Waals surface area contributed by atoms with Crippen molar-refractivity contribution in [2.75, 3.05) is 37.6 Å². The smallest absolute Gasteiger partial charge is 0.273 e. The maximum absolute atomic E-state index is 12.2. The molecular formula is C23H27N7O4S. The van der Waals surface area contributed by atoms with Crippen LogP contribution >= 0.6 is 0 Å². The Balaban J connectivity index is 1.74. The van der Waals surface area contributed by atoms with Gasteiger partial charge in [-0.2, -0.15) is 4.98 Å². The van der Waals surface area contributed by atoms with Crippen LogP contribution in [0.1, 0.15) is 34.6 Å². The summed E-state index contributed by atoms with van der Waals surface area (Å²) < 4.78 is 30.0. The number of aromatic nitrogens is 3. The molecule has 1 unspecified atom stereocenters. The number of carbonyl (C=O) groups excluding carboxylic acids is 1. The molecule has 3 aromatic rings. The van der Waals surface area contributed by atoms with Gasteiger partial charge in [0.1, 0.15) is 5.75 Å². The Morgan fingerprint density at radius 1 is 1.17 bits per heavy atom. The zero-order chi connectivity index (χ0) is 25.3. The Morgan fingerprint density at radius 3 is 2.60 bits per heavy atom. The molecule has 1 atom stereocenters. The Labute approximate surface area is 203 Å². The third kappa shape index (κ3) is 5.03. The lowest BCUT2D eigenvalue weighted by molar-refractivity contribution is 0.0995. The van der Waals surface area contributed by atoms with Crippen LogP contribution in [0.15, 0.2) is 41.3 Å². The SMILES string of the molecule is COc1cc2c(cc1Nc1nnc(C(N)=O)c(Nc3ccccc3S(C)(=O)=O)n1)C(C)N(C)CC2. The predicted octanol–water partition coefficient (Wildman–Crippen LogP) is 2.42. The lowest BCUT2D eigenvalue weighted by atomic mass is 9.93. The van der Waals surface area contributed by atoms with Crippen LogP contribution in [0.25, 0.3) is 0 Å². The first kappa shape index (κ1) is 24.4. The molecule has 184 valence electrons. The van der Waals surface area contributed by atoms with Gasteiger partial charge in [-0.05, 0) is 55.8 Å². The summed E-state index contributed by atoms with van der Waals surface area (Å²) in [6.45, 7) is 3.09. The molecule has 11 nitrogen and oxygen atoms in total. The predicted molar refractivity (Wildman–Crippen MR) is 132 cm³/mol. The number of hydrogen-bond acceptors (Lipinski definition) is 10. The highest BCUT2D eigenvalue weighted by Gasteiger charge is 2.24. The minimum Gasteiger partial charge on any atom is -0.495 e. The number of benzene rings is 2. The van der Waals surface area contributed by atoms with Gasteiger partial charge in [0, 0.05) is 18.8 Å². The fraction of sp³-hybridized carbons (Fsp3) is 0.304. The number of nitrogens with one attached hydrogen (secondary N) is 2. The number of rotatable bonds is 7. The molecule has 0 radical (unpaired) electrons. The minimum absolute atomic E-state index is 0.0314. The van der Waals surface area contributed by atoms with Gasteiger partial charge in [0.05, 0.1) is 23.4 Å². The van der Waals surface area contributed by atoms with Gasteiger partial charge in [-0.1, -0.05) is 12.1 Å². The number of hydrogen-bond donors (Lipinski definition) is 3. The second kappa shape index (κ2) is 9.47. The van der Waals surface area contributed by atoms with Crippen molar-refractivity contribution in [2.45, 2.75) is 24.3 Å². The van der Waals surface area contributed by atoms with Crippen LogP contribution in [0.5, 0.6) is 5.75 Å². The molecule has 1 aromatic heterocycles. The Kier molecular flexibility index (Phi) is 6.59. The molecule has 0 fully saturated rings. The van der Waals surface area contributed by atoms with E-state index in [1.165, 1.54) is 11.6 Å². The van der Waals surface area contributed by atoms with E-state index in [-0.39, 0.29) is 34.1 Å². The van der Waals surface area contributed by atoms with Gasteiger partial charge in [-0.3, -0.25) is 9.69 Å². The van der Waals surface area contributed by atoms with Gasteiger partial charge in [0.15, 0.2) is 21.3 Å². The number of methoxy groups -OCH3 is 1. The van der Waals surface area contributed by atoms with Gasteiger partial charge in [-0.25, -0.2) is 8.42 Å². The highest BCUT2D eigenvalue weighted by molar-refractivity contribution is 7.90. The first-order valence-electron chi connectivity index (χ1n) is 10.9. The van der Waals surface area contributed by atoms with Crippen molar-refractivity contribution in [1.29, 1.82) is 0 Å². The number of nitrogens with zero attached hydrogens (tertiary/aromatic N) is 4. The van der Waals surface area contributed by atoms with Gasteiger partial charge >= 0.3 is 0 Å². The summed E-state index contributed by atoms with van der Waals surface area (Å²) in [6.07, 6.45) is 2.00. The van der Waals surface area contributed by atoms with Crippen LogP contribution in [-0.4, -0.2) is 61.4 Å². The second-order valence-electron chi connectivity index (χ2n) is 8.37. The number of likely N-dealkylation sites (N-methyl/N-ethyl adjacent to an activating group) is 1. The van der Waals surface area contributed by atoms with Crippen molar-refractivity contribution < 1.29 is 17.9 Å². The highest BCUT2D eigenvalue weighted by Crippen LogP contribution is 2.37. The van der Waals surface area contributed by atoms with E-state index in [0.717, 1.165) is 24.8 Å².